The van der Waals surface area contributed by atoms with E-state index in [1.54, 1.807) is 13.2 Å². The minimum atomic E-state index is -0.223. The van der Waals surface area contributed by atoms with Crippen LogP contribution in [-0.2, 0) is 16.1 Å². The predicted molar refractivity (Wildman–Crippen MR) is 116 cm³/mol. The van der Waals surface area contributed by atoms with Gasteiger partial charge in [-0.3, -0.25) is 4.79 Å². The molecular weight excluding hydrogens is 394 g/mol. The monoisotopic (exact) mass is 421 g/mol. The molecule has 0 spiro atoms. The molecule has 6 rings (SSSR count). The van der Waals surface area contributed by atoms with Crippen LogP contribution < -0.4 is 4.80 Å². The number of aromatic nitrogens is 1. The first-order valence-corrected chi connectivity index (χ1v) is 11.7. The van der Waals surface area contributed by atoms with Gasteiger partial charge in [0.2, 0.25) is 0 Å². The van der Waals surface area contributed by atoms with Gasteiger partial charge in [-0.25, -0.2) is 0 Å². The van der Waals surface area contributed by atoms with Crippen LogP contribution in [0.2, 0.25) is 0 Å². The van der Waals surface area contributed by atoms with Gasteiger partial charge >= 0.3 is 0 Å². The molecule has 0 unspecified atom stereocenters. The lowest BCUT2D eigenvalue weighted by atomic mass is 9.49. The average molecular weight is 422 g/mol. The van der Waals surface area contributed by atoms with Crippen molar-refractivity contribution < 1.29 is 9.53 Å². The number of thiazole rings is 1. The topological polar surface area (TPSA) is 67.4 Å². The highest BCUT2D eigenvalue weighted by molar-refractivity contribution is 7.12. The van der Waals surface area contributed by atoms with Crippen molar-refractivity contribution in [1.82, 2.24) is 4.57 Å². The van der Waals surface area contributed by atoms with Gasteiger partial charge in [-0.15, -0.1) is 0 Å². The van der Waals surface area contributed by atoms with Gasteiger partial charge in [0.25, 0.3) is 5.91 Å². The molecule has 4 aliphatic rings. The van der Waals surface area contributed by atoms with Crippen LogP contribution in [0.15, 0.2) is 35.5 Å². The molecule has 0 N–H and O–H groups in total. The van der Waals surface area contributed by atoms with Crippen molar-refractivity contribution in [2.45, 2.75) is 45.1 Å². The zero-order valence-corrected chi connectivity index (χ0v) is 18.2. The Balaban J connectivity index is 1.51. The Bertz CT molecular complexity index is 1040. The van der Waals surface area contributed by atoms with Crippen LogP contribution in [0.3, 0.4) is 0 Å². The second-order valence-electron chi connectivity index (χ2n) is 9.37. The smallest absolute Gasteiger partial charge is 0.254 e. The molecule has 5 nitrogen and oxygen atoms in total. The van der Waals surface area contributed by atoms with Gasteiger partial charge in [-0.2, -0.15) is 10.3 Å². The maximum Gasteiger partial charge on any atom is 0.254 e. The summed E-state index contributed by atoms with van der Waals surface area (Å²) in [5.74, 6) is 2.27. The molecule has 30 heavy (non-hydrogen) atoms. The first-order valence-electron chi connectivity index (χ1n) is 10.9. The van der Waals surface area contributed by atoms with E-state index in [0.29, 0.717) is 18.7 Å². The Morgan fingerprint density at radius 3 is 2.60 bits per heavy atom. The molecule has 4 aliphatic carbocycles. The summed E-state index contributed by atoms with van der Waals surface area (Å²) in [6.45, 7) is 1.21. The molecule has 1 amide bonds. The van der Waals surface area contributed by atoms with Gasteiger partial charge in [-0.05, 0) is 74.0 Å². The number of hydrogen-bond donors (Lipinski definition) is 0. The van der Waals surface area contributed by atoms with E-state index in [1.165, 1.54) is 30.6 Å². The fourth-order valence-corrected chi connectivity index (χ4v) is 7.28. The summed E-state index contributed by atoms with van der Waals surface area (Å²) in [4.78, 5) is 20.0. The van der Waals surface area contributed by atoms with Crippen LogP contribution in [0, 0.1) is 34.5 Å². The number of carbonyl (C=O) groups is 1. The molecule has 1 aromatic heterocycles. The zero-order chi connectivity index (χ0) is 20.7. The van der Waals surface area contributed by atoms with Gasteiger partial charge in [-0.1, -0.05) is 23.5 Å². The summed E-state index contributed by atoms with van der Waals surface area (Å²) in [6, 6.07) is 9.78. The molecule has 4 fully saturated rings. The van der Waals surface area contributed by atoms with E-state index in [9.17, 15) is 10.1 Å². The summed E-state index contributed by atoms with van der Waals surface area (Å²) in [7, 11) is 1.68. The van der Waals surface area contributed by atoms with Crippen molar-refractivity contribution in [2.75, 3.05) is 13.7 Å². The molecule has 6 heteroatoms. The third-order valence-electron chi connectivity index (χ3n) is 7.22. The SMILES string of the molecule is COCCn1cc(-c2cccc(C#N)c2)sc1=NC(=O)C12CC3CC(CC(C3)C1)C2. The number of nitriles is 1. The fourth-order valence-electron chi connectivity index (χ4n) is 6.27. The molecule has 4 saturated carbocycles. The van der Waals surface area contributed by atoms with E-state index in [1.807, 2.05) is 29.0 Å². The molecular formula is C24H27N3O2S. The van der Waals surface area contributed by atoms with E-state index in [-0.39, 0.29) is 11.3 Å². The molecule has 1 aromatic carbocycles. The highest BCUT2D eigenvalue weighted by atomic mass is 32.1. The maximum absolute atomic E-state index is 13.5. The lowest BCUT2D eigenvalue weighted by Crippen LogP contribution is -2.49. The minimum absolute atomic E-state index is 0.0898. The van der Waals surface area contributed by atoms with E-state index in [2.05, 4.69) is 6.07 Å². The summed E-state index contributed by atoms with van der Waals surface area (Å²) in [5, 5.41) is 9.22. The lowest BCUT2D eigenvalue weighted by Gasteiger charge is -2.55. The van der Waals surface area contributed by atoms with Gasteiger partial charge in [0.1, 0.15) is 0 Å². The summed E-state index contributed by atoms with van der Waals surface area (Å²) < 4.78 is 7.30. The van der Waals surface area contributed by atoms with E-state index in [0.717, 1.165) is 52.3 Å². The van der Waals surface area contributed by atoms with Crippen molar-refractivity contribution in [3.8, 4) is 16.5 Å². The number of ether oxygens (including phenoxy) is 1. The van der Waals surface area contributed by atoms with E-state index >= 15 is 0 Å². The normalized spacial score (nSPS) is 29.9. The Kier molecular flexibility index (Phi) is 5.12. The lowest BCUT2D eigenvalue weighted by molar-refractivity contribution is -0.142. The highest BCUT2D eigenvalue weighted by Crippen LogP contribution is 2.60. The molecule has 0 aliphatic heterocycles. The fraction of sp³-hybridized carbons (Fsp3) is 0.542. The summed E-state index contributed by atoms with van der Waals surface area (Å²) >= 11 is 1.53. The van der Waals surface area contributed by atoms with Crippen LogP contribution in [0.1, 0.15) is 44.1 Å². The Labute approximate surface area is 181 Å². The Morgan fingerprint density at radius 2 is 1.97 bits per heavy atom. The van der Waals surface area contributed by atoms with Crippen LogP contribution in [-0.4, -0.2) is 24.2 Å². The minimum Gasteiger partial charge on any atom is -0.383 e. The average Bonchev–Trinajstić information content (AvgIpc) is 3.14. The van der Waals surface area contributed by atoms with Gasteiger partial charge in [0.15, 0.2) is 4.80 Å². The van der Waals surface area contributed by atoms with Crippen LogP contribution >= 0.6 is 11.3 Å². The molecule has 156 valence electrons. The van der Waals surface area contributed by atoms with E-state index in [4.69, 9.17) is 9.73 Å². The van der Waals surface area contributed by atoms with Crippen LogP contribution in [0.4, 0.5) is 0 Å². The summed E-state index contributed by atoms with van der Waals surface area (Å²) in [5.41, 5.74) is 1.39. The van der Waals surface area contributed by atoms with E-state index < -0.39 is 0 Å². The van der Waals surface area contributed by atoms with Crippen molar-refractivity contribution in [3.05, 3.63) is 40.8 Å². The van der Waals surface area contributed by atoms with Crippen molar-refractivity contribution in [3.63, 3.8) is 0 Å². The molecule has 4 bridgehead atoms. The quantitative estimate of drug-likeness (QED) is 0.720. The number of hydrogen-bond acceptors (Lipinski definition) is 4. The number of methoxy groups -OCH3 is 1. The second-order valence-corrected chi connectivity index (χ2v) is 10.4. The standard InChI is InChI=1S/C24H27N3O2S/c1-29-6-5-27-15-21(20-4-2-3-16(10-20)14-25)30-23(27)26-22(28)24-11-17-7-18(12-24)9-19(8-17)13-24/h2-4,10,15,17-19H,5-9,11-13H2,1H3. The van der Waals surface area contributed by atoms with Crippen molar-refractivity contribution in [1.29, 1.82) is 5.26 Å². The molecule has 1 heterocycles. The molecule has 0 radical (unpaired) electrons. The Hall–Kier alpha value is -2.23. The third kappa shape index (κ3) is 3.55. The second kappa shape index (κ2) is 7.79. The first-order chi connectivity index (χ1) is 14.6. The number of rotatable bonds is 5. The van der Waals surface area contributed by atoms with Gasteiger partial charge in [0, 0.05) is 19.9 Å². The predicted octanol–water partition coefficient (Wildman–Crippen LogP) is 4.38. The van der Waals surface area contributed by atoms with Crippen molar-refractivity contribution >= 4 is 17.2 Å². The van der Waals surface area contributed by atoms with Crippen molar-refractivity contribution in [2.24, 2.45) is 28.2 Å². The van der Waals surface area contributed by atoms with Crippen LogP contribution in [0.25, 0.3) is 10.4 Å². The first kappa shape index (κ1) is 19.7. The number of amides is 1. The largest absolute Gasteiger partial charge is 0.383 e. The maximum atomic E-state index is 13.5. The molecule has 2 aromatic rings. The highest BCUT2D eigenvalue weighted by Gasteiger charge is 2.54. The Morgan fingerprint density at radius 1 is 1.27 bits per heavy atom. The zero-order valence-electron chi connectivity index (χ0n) is 17.3. The number of nitrogens with zero attached hydrogens (tertiary/aromatic N) is 3. The van der Waals surface area contributed by atoms with Gasteiger partial charge in [0.05, 0.1) is 28.5 Å². The van der Waals surface area contributed by atoms with Crippen LogP contribution in [0.5, 0.6) is 0 Å². The number of carbonyl (C=O) groups excluding carboxylic acids is 1. The third-order valence-corrected chi connectivity index (χ3v) is 8.29. The van der Waals surface area contributed by atoms with Gasteiger partial charge < -0.3 is 9.30 Å². The molecule has 0 atom stereocenters. The number of benzene rings is 1. The summed E-state index contributed by atoms with van der Waals surface area (Å²) in [6.07, 6.45) is 9.08. The molecule has 0 saturated heterocycles.